The second-order valence-corrected chi connectivity index (χ2v) is 8.67. The molecule has 1 aliphatic heterocycles. The van der Waals surface area contributed by atoms with Crippen molar-refractivity contribution in [2.24, 2.45) is 0 Å². The van der Waals surface area contributed by atoms with Gasteiger partial charge in [0.1, 0.15) is 18.6 Å². The summed E-state index contributed by atoms with van der Waals surface area (Å²) < 4.78 is 17.3. The Kier molecular flexibility index (Phi) is 7.75. The number of aromatic amines is 1. The summed E-state index contributed by atoms with van der Waals surface area (Å²) >= 11 is 0. The van der Waals surface area contributed by atoms with Crippen molar-refractivity contribution in [1.29, 1.82) is 0 Å². The number of nitrogens with zero attached hydrogens (tertiary/aromatic N) is 1. The molecule has 3 aromatic carbocycles. The van der Waals surface area contributed by atoms with Gasteiger partial charge in [-0.15, -0.1) is 0 Å². The third-order valence-corrected chi connectivity index (χ3v) is 6.04. The van der Waals surface area contributed by atoms with E-state index in [-0.39, 0.29) is 12.1 Å². The van der Waals surface area contributed by atoms with Crippen LogP contribution in [0.2, 0.25) is 0 Å². The number of para-hydroxylation sites is 1. The second kappa shape index (κ2) is 11.7. The van der Waals surface area contributed by atoms with Crippen molar-refractivity contribution in [1.82, 2.24) is 10.2 Å². The fourth-order valence-electron chi connectivity index (χ4n) is 4.18. The number of hydrogen-bond donors (Lipinski definition) is 3. The number of carbonyl (C=O) groups excluding carboxylic acids is 1. The Labute approximate surface area is 210 Å². The second-order valence-electron chi connectivity index (χ2n) is 8.67. The Morgan fingerprint density at radius 3 is 2.75 bits per heavy atom. The molecule has 2 heterocycles. The van der Waals surface area contributed by atoms with Crippen LogP contribution in [0.15, 0.2) is 72.8 Å². The summed E-state index contributed by atoms with van der Waals surface area (Å²) in [5, 5.41) is 14.4. The van der Waals surface area contributed by atoms with Crippen molar-refractivity contribution in [2.45, 2.75) is 32.1 Å². The van der Waals surface area contributed by atoms with Gasteiger partial charge in [0.15, 0.2) is 5.82 Å². The Morgan fingerprint density at radius 1 is 1.03 bits per heavy atom. The topological polar surface area (TPSA) is 97.5 Å². The maximum Gasteiger partial charge on any atom is 0.258 e. The van der Waals surface area contributed by atoms with E-state index in [1.807, 2.05) is 66.7 Å². The molecule has 0 radical (unpaired) electrons. The number of rotatable bonds is 10. The van der Waals surface area contributed by atoms with Gasteiger partial charge >= 0.3 is 0 Å². The smallest absolute Gasteiger partial charge is 0.258 e. The van der Waals surface area contributed by atoms with Gasteiger partial charge in [-0.1, -0.05) is 42.5 Å². The fraction of sp³-hybridized carbons (Fsp3) is 0.286. The number of H-pyrrole nitrogens is 1. The first kappa shape index (κ1) is 23.8. The number of fused-ring (bicyclic) bond motifs is 1. The summed E-state index contributed by atoms with van der Waals surface area (Å²) in [4.78, 5) is 13.1. The summed E-state index contributed by atoms with van der Waals surface area (Å²) in [7, 11) is 0. The van der Waals surface area contributed by atoms with Crippen molar-refractivity contribution in [3.8, 4) is 5.75 Å². The van der Waals surface area contributed by atoms with E-state index < -0.39 is 0 Å². The number of ether oxygens (including phenoxy) is 3. The molecule has 0 aliphatic carbocycles. The highest BCUT2D eigenvalue weighted by atomic mass is 16.5. The van der Waals surface area contributed by atoms with Crippen LogP contribution < -0.4 is 15.4 Å². The van der Waals surface area contributed by atoms with Gasteiger partial charge in [-0.3, -0.25) is 9.89 Å². The summed E-state index contributed by atoms with van der Waals surface area (Å²) in [5.41, 5.74) is 3.19. The molecule has 5 rings (SSSR count). The van der Waals surface area contributed by atoms with Crippen LogP contribution in [0, 0.1) is 0 Å². The lowest BCUT2D eigenvalue weighted by atomic mass is 10.1. The third-order valence-electron chi connectivity index (χ3n) is 6.04. The molecule has 36 heavy (non-hydrogen) atoms. The number of amides is 1. The molecule has 0 bridgehead atoms. The van der Waals surface area contributed by atoms with Gasteiger partial charge in [-0.25, -0.2) is 0 Å². The summed E-state index contributed by atoms with van der Waals surface area (Å²) in [6.07, 6.45) is 3.02. The molecular formula is C28H30N4O4. The average Bonchev–Trinajstić information content (AvgIpc) is 3.31. The van der Waals surface area contributed by atoms with Crippen LogP contribution >= 0.6 is 0 Å². The molecule has 1 unspecified atom stereocenters. The molecule has 186 valence electrons. The van der Waals surface area contributed by atoms with Gasteiger partial charge in [0.05, 0.1) is 24.3 Å². The van der Waals surface area contributed by atoms with Crippen LogP contribution in [0.5, 0.6) is 5.75 Å². The van der Waals surface area contributed by atoms with E-state index >= 15 is 0 Å². The first-order valence-electron chi connectivity index (χ1n) is 12.3. The van der Waals surface area contributed by atoms with Crippen LogP contribution in [0.1, 0.15) is 35.2 Å². The minimum atomic E-state index is -0.238. The number of hydrogen-bond acceptors (Lipinski definition) is 6. The van der Waals surface area contributed by atoms with Crippen molar-refractivity contribution in [3.05, 3.63) is 83.9 Å². The van der Waals surface area contributed by atoms with E-state index in [0.29, 0.717) is 37.0 Å². The highest BCUT2D eigenvalue weighted by Gasteiger charge is 2.19. The highest BCUT2D eigenvalue weighted by Crippen LogP contribution is 2.26. The van der Waals surface area contributed by atoms with Crippen molar-refractivity contribution >= 4 is 28.3 Å². The normalized spacial score (nSPS) is 15.5. The fourth-order valence-corrected chi connectivity index (χ4v) is 4.18. The number of carbonyl (C=O) groups is 1. The van der Waals surface area contributed by atoms with Crippen LogP contribution in [0.3, 0.4) is 0 Å². The zero-order valence-electron chi connectivity index (χ0n) is 20.0. The quantitative estimate of drug-likeness (QED) is 0.262. The van der Waals surface area contributed by atoms with E-state index in [1.165, 1.54) is 0 Å². The number of nitrogens with one attached hydrogen (secondary N) is 3. The van der Waals surface area contributed by atoms with Crippen LogP contribution in [0.4, 0.5) is 11.5 Å². The average molecular weight is 487 g/mol. The SMILES string of the molecule is O=C(Nc1n[nH]c2cc(OCCOCc3ccccc3)ccc12)c1ccccc1NC1CCCCO1. The van der Waals surface area contributed by atoms with Gasteiger partial charge in [0.25, 0.3) is 5.91 Å². The predicted octanol–water partition coefficient (Wildman–Crippen LogP) is 5.35. The first-order chi connectivity index (χ1) is 17.8. The maximum absolute atomic E-state index is 13.1. The Balaban J connectivity index is 1.17. The first-order valence-corrected chi connectivity index (χ1v) is 12.3. The molecule has 1 aromatic heterocycles. The molecular weight excluding hydrogens is 456 g/mol. The van der Waals surface area contributed by atoms with Gasteiger partial charge in [0, 0.05) is 23.7 Å². The molecule has 0 saturated carbocycles. The Hall–Kier alpha value is -3.88. The number of benzene rings is 3. The van der Waals surface area contributed by atoms with Gasteiger partial charge in [-0.05, 0) is 49.1 Å². The summed E-state index contributed by atoms with van der Waals surface area (Å²) in [6, 6.07) is 23.1. The van der Waals surface area contributed by atoms with Gasteiger partial charge < -0.3 is 24.8 Å². The zero-order chi connectivity index (χ0) is 24.6. The number of anilines is 2. The Morgan fingerprint density at radius 2 is 1.89 bits per heavy atom. The van der Waals surface area contributed by atoms with E-state index in [2.05, 4.69) is 20.8 Å². The van der Waals surface area contributed by atoms with E-state index in [4.69, 9.17) is 14.2 Å². The van der Waals surface area contributed by atoms with Crippen molar-refractivity contribution in [3.63, 3.8) is 0 Å². The molecule has 1 amide bonds. The van der Waals surface area contributed by atoms with Gasteiger partial charge in [0.2, 0.25) is 0 Å². The molecule has 1 saturated heterocycles. The minimum Gasteiger partial charge on any atom is -0.491 e. The standard InChI is InChI=1S/C28H30N4O4/c33-28(23-10-4-5-11-24(23)29-26-12-6-7-15-36-26)30-27-22-14-13-21(18-25(22)31-32-27)35-17-16-34-19-20-8-2-1-3-9-20/h1-5,8-11,13-14,18,26,29H,6-7,12,15-17,19H2,(H2,30,31,32,33). The number of aromatic nitrogens is 2. The molecule has 4 aromatic rings. The minimum absolute atomic E-state index is 0.0823. The van der Waals surface area contributed by atoms with E-state index in [0.717, 1.165) is 48.0 Å². The summed E-state index contributed by atoms with van der Waals surface area (Å²) in [5.74, 6) is 0.934. The van der Waals surface area contributed by atoms with Crippen LogP contribution in [0.25, 0.3) is 10.9 Å². The largest absolute Gasteiger partial charge is 0.491 e. The summed E-state index contributed by atoms with van der Waals surface area (Å²) in [6.45, 7) is 2.21. The van der Waals surface area contributed by atoms with E-state index in [9.17, 15) is 4.79 Å². The lowest BCUT2D eigenvalue weighted by molar-refractivity contribution is 0.0343. The third kappa shape index (κ3) is 6.02. The molecule has 3 N–H and O–H groups in total. The van der Waals surface area contributed by atoms with Crippen molar-refractivity contribution in [2.75, 3.05) is 30.5 Å². The lowest BCUT2D eigenvalue weighted by Crippen LogP contribution is -2.28. The monoisotopic (exact) mass is 486 g/mol. The Bertz CT molecular complexity index is 1290. The molecule has 1 fully saturated rings. The zero-order valence-corrected chi connectivity index (χ0v) is 20.0. The van der Waals surface area contributed by atoms with Crippen LogP contribution in [-0.4, -0.2) is 42.2 Å². The van der Waals surface area contributed by atoms with Crippen LogP contribution in [-0.2, 0) is 16.1 Å². The molecule has 8 nitrogen and oxygen atoms in total. The maximum atomic E-state index is 13.1. The molecule has 1 atom stereocenters. The highest BCUT2D eigenvalue weighted by molar-refractivity contribution is 6.10. The molecule has 1 aliphatic rings. The van der Waals surface area contributed by atoms with E-state index in [1.54, 1.807) is 6.07 Å². The molecule has 0 spiro atoms. The van der Waals surface area contributed by atoms with Gasteiger partial charge in [-0.2, -0.15) is 5.10 Å². The molecule has 8 heteroatoms. The lowest BCUT2D eigenvalue weighted by Gasteiger charge is -2.25. The van der Waals surface area contributed by atoms with Crippen molar-refractivity contribution < 1.29 is 19.0 Å². The predicted molar refractivity (Wildman–Crippen MR) is 139 cm³/mol.